The molecule has 0 saturated heterocycles. The van der Waals surface area contributed by atoms with Crippen molar-refractivity contribution in [1.82, 2.24) is 0 Å². The number of nitrogens with zero attached hydrogens (tertiary/aromatic N) is 4. The zero-order valence-electron chi connectivity index (χ0n) is 49.2. The Morgan fingerprint density at radius 3 is 0.694 bits per heavy atom. The summed E-state index contributed by atoms with van der Waals surface area (Å²) in [5, 5.41) is 0. The molecule has 85 heavy (non-hydrogen) atoms. The Morgan fingerprint density at radius 2 is 0.435 bits per heavy atom. The first-order valence-corrected chi connectivity index (χ1v) is 28.9. The number of para-hydroxylation sites is 1. The van der Waals surface area contributed by atoms with Gasteiger partial charge in [0.25, 0.3) is 0 Å². The minimum absolute atomic E-state index is 0.811. The summed E-state index contributed by atoms with van der Waals surface area (Å²) in [5.41, 5.74) is 26.0. The van der Waals surface area contributed by atoms with E-state index in [9.17, 15) is 0 Å². The number of hydrogen-bond acceptors (Lipinski definition) is 6. The fraction of sp³-hybridized carbons (Fsp3) is 0.0886. The molecule has 6 heteroatoms. The average Bonchev–Trinajstić information content (AvgIpc) is 3.64. The van der Waals surface area contributed by atoms with Crippen molar-refractivity contribution >= 4 is 68.2 Å². The molecule has 12 aromatic rings. The molecule has 0 saturated carbocycles. The largest absolute Gasteiger partial charge is 0.497 e. The molecule has 0 heterocycles. The molecule has 0 unspecified atom stereocenters. The van der Waals surface area contributed by atoms with Gasteiger partial charge in [-0.3, -0.25) is 0 Å². The third kappa shape index (κ3) is 11.9. The third-order valence-corrected chi connectivity index (χ3v) is 15.9. The highest BCUT2D eigenvalue weighted by molar-refractivity contribution is 5.86. The molecule has 0 aromatic heterocycles. The van der Waals surface area contributed by atoms with E-state index in [0.717, 1.165) is 119 Å². The molecule has 6 nitrogen and oxygen atoms in total. The zero-order valence-corrected chi connectivity index (χ0v) is 49.2. The van der Waals surface area contributed by atoms with Crippen molar-refractivity contribution in [1.29, 1.82) is 0 Å². The van der Waals surface area contributed by atoms with Gasteiger partial charge in [-0.15, -0.1) is 0 Å². The molecule has 0 bridgehead atoms. The number of aryl methyl sites for hydroxylation is 5. The predicted molar refractivity (Wildman–Crippen MR) is 358 cm³/mol. The Kier molecular flexibility index (Phi) is 15.8. The molecular weight excluding hydrogens is 1040 g/mol. The number of rotatable bonds is 17. The second-order valence-corrected chi connectivity index (χ2v) is 21.8. The van der Waals surface area contributed by atoms with Crippen molar-refractivity contribution < 1.29 is 9.47 Å². The van der Waals surface area contributed by atoms with Gasteiger partial charge in [0, 0.05) is 68.2 Å². The van der Waals surface area contributed by atoms with Gasteiger partial charge in [0.15, 0.2) is 0 Å². The Bertz CT molecular complexity index is 4190. The summed E-state index contributed by atoms with van der Waals surface area (Å²) in [4.78, 5) is 9.29. The van der Waals surface area contributed by atoms with Crippen LogP contribution in [0.2, 0.25) is 0 Å². The average molecular weight is 1110 g/mol. The van der Waals surface area contributed by atoms with Crippen LogP contribution in [0.4, 0.5) is 68.2 Å². The van der Waals surface area contributed by atoms with Crippen molar-refractivity contribution in [2.75, 3.05) is 33.8 Å². The van der Waals surface area contributed by atoms with Gasteiger partial charge in [-0.2, -0.15) is 0 Å². The Balaban J connectivity index is 0.810. The molecule has 0 spiro atoms. The molecule has 0 aliphatic carbocycles. The Hall–Kier alpha value is -10.6. The Morgan fingerprint density at radius 1 is 0.212 bits per heavy atom. The summed E-state index contributed by atoms with van der Waals surface area (Å²) in [6.07, 6.45) is 0. The van der Waals surface area contributed by atoms with Crippen molar-refractivity contribution in [3.8, 4) is 44.9 Å². The summed E-state index contributed by atoms with van der Waals surface area (Å²) < 4.78 is 11.1. The molecule has 0 radical (unpaired) electrons. The lowest BCUT2D eigenvalue weighted by atomic mass is 9.98. The molecule has 0 amide bonds. The maximum absolute atomic E-state index is 5.61. The molecule has 12 aromatic carbocycles. The molecular formula is C79H68N4O2. The van der Waals surface area contributed by atoms with Gasteiger partial charge in [0.1, 0.15) is 11.5 Å². The lowest BCUT2D eigenvalue weighted by molar-refractivity contribution is 0.414. The van der Waals surface area contributed by atoms with Crippen LogP contribution >= 0.6 is 0 Å². The molecule has 416 valence electrons. The van der Waals surface area contributed by atoms with Crippen molar-refractivity contribution in [3.05, 3.63) is 313 Å². The minimum atomic E-state index is 0.811. The summed E-state index contributed by atoms with van der Waals surface area (Å²) in [7, 11) is 3.41. The molecule has 0 aliphatic heterocycles. The smallest absolute Gasteiger partial charge is 0.119 e. The highest BCUT2D eigenvalue weighted by atomic mass is 16.5. The van der Waals surface area contributed by atoms with E-state index in [-0.39, 0.29) is 0 Å². The van der Waals surface area contributed by atoms with Crippen LogP contribution in [0.25, 0.3) is 33.4 Å². The number of hydrogen-bond donors (Lipinski definition) is 0. The number of benzene rings is 12. The van der Waals surface area contributed by atoms with Crippen LogP contribution in [0.5, 0.6) is 11.5 Å². The van der Waals surface area contributed by atoms with Gasteiger partial charge in [-0.1, -0.05) is 132 Å². The van der Waals surface area contributed by atoms with Crippen LogP contribution in [0, 0.1) is 34.6 Å². The zero-order chi connectivity index (χ0) is 58.4. The predicted octanol–water partition coefficient (Wildman–Crippen LogP) is 22.1. The van der Waals surface area contributed by atoms with Crippen LogP contribution in [0.15, 0.2) is 285 Å². The van der Waals surface area contributed by atoms with Gasteiger partial charge in [0.05, 0.1) is 14.2 Å². The highest BCUT2D eigenvalue weighted by Gasteiger charge is 2.20. The lowest BCUT2D eigenvalue weighted by Gasteiger charge is -2.28. The molecule has 12 rings (SSSR count). The van der Waals surface area contributed by atoms with Gasteiger partial charge in [0.2, 0.25) is 0 Å². The topological polar surface area (TPSA) is 31.4 Å². The standard InChI is InChI=1S/C79H68N4O2/c1-55-13-29-67(30-14-55)80(66-11-9-8-10-12-66)69-35-19-60(20-36-69)62-23-39-73(40-24-62)82(72-33-17-57(3)18-34-72)78-51-27-64(53-58(78)4)65-28-52-79(59(5)54-65)83(75-45-49-77(85-7)50-46-75)74-41-25-63(26-42-74)61-21-37-70(38-22-61)81(68-31-15-56(2)16-32-68)71-43-47-76(84-6)48-44-71/h8-54H,1-7H3. The van der Waals surface area contributed by atoms with Gasteiger partial charge < -0.3 is 29.1 Å². The van der Waals surface area contributed by atoms with E-state index in [4.69, 9.17) is 9.47 Å². The fourth-order valence-corrected chi connectivity index (χ4v) is 11.3. The number of anilines is 12. The van der Waals surface area contributed by atoms with Crippen LogP contribution in [-0.2, 0) is 0 Å². The van der Waals surface area contributed by atoms with Crippen LogP contribution in [0.3, 0.4) is 0 Å². The molecule has 0 aliphatic rings. The Labute approximate surface area is 501 Å². The van der Waals surface area contributed by atoms with Crippen LogP contribution in [0.1, 0.15) is 27.8 Å². The van der Waals surface area contributed by atoms with E-state index < -0.39 is 0 Å². The maximum Gasteiger partial charge on any atom is 0.119 e. The van der Waals surface area contributed by atoms with Gasteiger partial charge in [-0.05, 0) is 249 Å². The first kappa shape index (κ1) is 55.0. The van der Waals surface area contributed by atoms with E-state index in [0.29, 0.717) is 0 Å². The summed E-state index contributed by atoms with van der Waals surface area (Å²) in [6.45, 7) is 10.8. The molecule has 0 fully saturated rings. The first-order chi connectivity index (χ1) is 41.6. The van der Waals surface area contributed by atoms with Crippen LogP contribution < -0.4 is 29.1 Å². The maximum atomic E-state index is 5.61. The minimum Gasteiger partial charge on any atom is -0.497 e. The van der Waals surface area contributed by atoms with E-state index in [2.05, 4.69) is 315 Å². The lowest BCUT2D eigenvalue weighted by Crippen LogP contribution is -2.12. The second-order valence-electron chi connectivity index (χ2n) is 21.8. The monoisotopic (exact) mass is 1100 g/mol. The highest BCUT2D eigenvalue weighted by Crippen LogP contribution is 2.44. The third-order valence-electron chi connectivity index (χ3n) is 15.9. The SMILES string of the molecule is COc1ccc(N(c2ccc(C)cc2)c2ccc(-c3ccc(N(c4ccc(OC)cc4)c4ccc(-c5ccc(N(c6ccc(C)cc6)c6ccc(-c7ccc(N(c8ccccc8)c8ccc(C)cc8)cc7)cc6)c(C)c5)cc4C)cc3)cc2)cc1. The van der Waals surface area contributed by atoms with E-state index >= 15 is 0 Å². The van der Waals surface area contributed by atoms with E-state index in [1.807, 2.05) is 24.3 Å². The van der Waals surface area contributed by atoms with Crippen molar-refractivity contribution in [3.63, 3.8) is 0 Å². The van der Waals surface area contributed by atoms with E-state index in [1.165, 1.54) is 22.3 Å². The number of methoxy groups -OCH3 is 2. The van der Waals surface area contributed by atoms with E-state index in [1.54, 1.807) is 14.2 Å². The normalized spacial score (nSPS) is 11.0. The molecule has 0 N–H and O–H groups in total. The van der Waals surface area contributed by atoms with Gasteiger partial charge in [-0.25, -0.2) is 0 Å². The molecule has 0 atom stereocenters. The summed E-state index contributed by atoms with van der Waals surface area (Å²) in [5.74, 6) is 1.64. The number of ether oxygens (including phenoxy) is 2. The van der Waals surface area contributed by atoms with Gasteiger partial charge >= 0.3 is 0 Å². The van der Waals surface area contributed by atoms with Crippen LogP contribution in [-0.4, -0.2) is 14.2 Å². The second kappa shape index (κ2) is 24.5. The summed E-state index contributed by atoms with van der Waals surface area (Å²) >= 11 is 0. The fourth-order valence-electron chi connectivity index (χ4n) is 11.3. The summed E-state index contributed by atoms with van der Waals surface area (Å²) in [6, 6.07) is 102. The quantitative estimate of drug-likeness (QED) is 0.0903. The first-order valence-electron chi connectivity index (χ1n) is 28.9. The van der Waals surface area contributed by atoms with Crippen molar-refractivity contribution in [2.45, 2.75) is 34.6 Å². The van der Waals surface area contributed by atoms with Crippen molar-refractivity contribution in [2.24, 2.45) is 0 Å².